The van der Waals surface area contributed by atoms with E-state index in [-0.39, 0.29) is 5.91 Å². The number of nitrogens with zero attached hydrogens (tertiary/aromatic N) is 1. The summed E-state index contributed by atoms with van der Waals surface area (Å²) in [7, 11) is 0. The molecule has 6 heteroatoms. The fourth-order valence-electron chi connectivity index (χ4n) is 4.67. The number of aromatic amines is 1. The molecule has 0 spiro atoms. The van der Waals surface area contributed by atoms with Gasteiger partial charge in [0.15, 0.2) is 0 Å². The number of hydrogen-bond acceptors (Lipinski definition) is 2. The fourth-order valence-corrected chi connectivity index (χ4v) is 4.67. The SMILES string of the molecule is CC(=O)Nc1ccc(CN2CCc3c([nH]c4ccccc34)C2c2cc(F)ccc2F)cc1. The summed E-state index contributed by atoms with van der Waals surface area (Å²) in [5.74, 6) is -1.00. The normalized spacial score (nSPS) is 16.2. The van der Waals surface area contributed by atoms with Gasteiger partial charge in [0.2, 0.25) is 5.91 Å². The number of carbonyl (C=O) groups is 1. The van der Waals surface area contributed by atoms with Gasteiger partial charge < -0.3 is 10.3 Å². The van der Waals surface area contributed by atoms with Crippen molar-refractivity contribution in [1.82, 2.24) is 9.88 Å². The molecule has 2 N–H and O–H groups in total. The maximum absolute atomic E-state index is 14.9. The number of benzene rings is 3. The second kappa shape index (κ2) is 8.20. The molecule has 1 atom stereocenters. The zero-order valence-corrected chi connectivity index (χ0v) is 17.7. The summed E-state index contributed by atoms with van der Waals surface area (Å²) >= 11 is 0. The standard InChI is InChI=1S/C26H23F2N3O/c1-16(32)29-19-9-6-17(7-10-19)15-31-13-12-21-20-4-2-3-5-24(20)30-25(21)26(31)22-14-18(27)8-11-23(22)28/h2-11,14,26,30H,12-13,15H2,1H3,(H,29,32). The monoisotopic (exact) mass is 431 g/mol. The molecule has 1 amide bonds. The number of anilines is 1. The van der Waals surface area contributed by atoms with E-state index in [1.165, 1.54) is 19.1 Å². The number of halogens is 2. The Labute approximate surface area is 184 Å². The first-order valence-electron chi connectivity index (χ1n) is 10.6. The summed E-state index contributed by atoms with van der Waals surface area (Å²) in [6, 6.07) is 18.9. The van der Waals surface area contributed by atoms with Gasteiger partial charge in [-0.1, -0.05) is 30.3 Å². The van der Waals surface area contributed by atoms with E-state index in [4.69, 9.17) is 0 Å². The van der Waals surface area contributed by atoms with Crippen molar-refractivity contribution in [2.45, 2.75) is 25.9 Å². The van der Waals surface area contributed by atoms with Gasteiger partial charge in [-0.05, 0) is 53.9 Å². The van der Waals surface area contributed by atoms with Crippen molar-refractivity contribution in [3.05, 3.63) is 101 Å². The maximum atomic E-state index is 14.9. The maximum Gasteiger partial charge on any atom is 0.221 e. The highest BCUT2D eigenvalue weighted by atomic mass is 19.1. The van der Waals surface area contributed by atoms with Crippen LogP contribution in [0.5, 0.6) is 0 Å². The van der Waals surface area contributed by atoms with E-state index in [1.54, 1.807) is 0 Å². The lowest BCUT2D eigenvalue weighted by atomic mass is 9.91. The quantitative estimate of drug-likeness (QED) is 0.445. The molecule has 162 valence electrons. The molecule has 1 aromatic heterocycles. The number of H-pyrrole nitrogens is 1. The highest BCUT2D eigenvalue weighted by molar-refractivity contribution is 5.88. The van der Waals surface area contributed by atoms with E-state index in [9.17, 15) is 13.6 Å². The van der Waals surface area contributed by atoms with Gasteiger partial charge >= 0.3 is 0 Å². The first-order chi connectivity index (χ1) is 15.5. The van der Waals surface area contributed by atoms with E-state index >= 15 is 0 Å². The predicted molar refractivity (Wildman–Crippen MR) is 121 cm³/mol. The van der Waals surface area contributed by atoms with Gasteiger partial charge in [0, 0.05) is 47.9 Å². The predicted octanol–water partition coefficient (Wildman–Crippen LogP) is 5.55. The number of nitrogens with one attached hydrogen (secondary N) is 2. The first kappa shape index (κ1) is 20.4. The minimum atomic E-state index is -0.454. The first-order valence-corrected chi connectivity index (χ1v) is 10.6. The summed E-state index contributed by atoms with van der Waals surface area (Å²) in [6.07, 6.45) is 0.816. The number of amides is 1. The number of hydrogen-bond donors (Lipinski definition) is 2. The number of aromatic nitrogens is 1. The molecule has 0 fully saturated rings. The van der Waals surface area contributed by atoms with Crippen LogP contribution >= 0.6 is 0 Å². The number of rotatable bonds is 4. The molecule has 32 heavy (non-hydrogen) atoms. The molecule has 0 aliphatic carbocycles. The van der Waals surface area contributed by atoms with Gasteiger partial charge in [-0.2, -0.15) is 0 Å². The van der Waals surface area contributed by atoms with Crippen molar-refractivity contribution in [2.75, 3.05) is 11.9 Å². The third kappa shape index (κ3) is 3.78. The zero-order chi connectivity index (χ0) is 22.2. The topological polar surface area (TPSA) is 48.1 Å². The summed E-state index contributed by atoms with van der Waals surface area (Å²) < 4.78 is 29.1. The van der Waals surface area contributed by atoms with Crippen LogP contribution in [0.4, 0.5) is 14.5 Å². The molecular weight excluding hydrogens is 408 g/mol. The van der Waals surface area contributed by atoms with Crippen LogP contribution in [0.2, 0.25) is 0 Å². The Hall–Kier alpha value is -3.51. The van der Waals surface area contributed by atoms with Crippen LogP contribution in [0.1, 0.15) is 35.3 Å². The molecule has 2 heterocycles. The molecule has 1 aliphatic rings. The zero-order valence-electron chi connectivity index (χ0n) is 17.7. The Bertz CT molecular complexity index is 1300. The van der Waals surface area contributed by atoms with Gasteiger partial charge in [-0.3, -0.25) is 9.69 Å². The minimum absolute atomic E-state index is 0.123. The molecule has 3 aromatic carbocycles. The fraction of sp³-hybridized carbons (Fsp3) is 0.192. The molecule has 1 unspecified atom stereocenters. The molecule has 4 aromatic rings. The van der Waals surface area contributed by atoms with Crippen molar-refractivity contribution >= 4 is 22.5 Å². The van der Waals surface area contributed by atoms with E-state index in [0.29, 0.717) is 18.7 Å². The number of carbonyl (C=O) groups excluding carboxylic acids is 1. The Morgan fingerprint density at radius 3 is 2.66 bits per heavy atom. The second-order valence-electron chi connectivity index (χ2n) is 8.23. The van der Waals surface area contributed by atoms with Crippen LogP contribution in [0.15, 0.2) is 66.7 Å². The lowest BCUT2D eigenvalue weighted by molar-refractivity contribution is -0.114. The van der Waals surface area contributed by atoms with E-state index in [2.05, 4.69) is 21.3 Å². The summed E-state index contributed by atoms with van der Waals surface area (Å²) in [5, 5.41) is 3.89. The van der Waals surface area contributed by atoms with Gasteiger partial charge in [0.1, 0.15) is 11.6 Å². The second-order valence-corrected chi connectivity index (χ2v) is 8.23. The lowest BCUT2D eigenvalue weighted by Crippen LogP contribution is -2.36. The average molecular weight is 431 g/mol. The van der Waals surface area contributed by atoms with Crippen LogP contribution in [0, 0.1) is 11.6 Å². The molecule has 1 aliphatic heterocycles. The molecule has 5 rings (SSSR count). The van der Waals surface area contributed by atoms with E-state index < -0.39 is 17.7 Å². The van der Waals surface area contributed by atoms with Gasteiger partial charge in [0.05, 0.1) is 6.04 Å². The highest BCUT2D eigenvalue weighted by Crippen LogP contribution is 2.40. The Morgan fingerprint density at radius 2 is 1.88 bits per heavy atom. The van der Waals surface area contributed by atoms with Crippen LogP contribution in [-0.2, 0) is 17.8 Å². The molecule has 0 saturated carbocycles. The minimum Gasteiger partial charge on any atom is -0.357 e. The van der Waals surface area contributed by atoms with Crippen molar-refractivity contribution in [3.8, 4) is 0 Å². The Morgan fingerprint density at radius 1 is 1.09 bits per heavy atom. The average Bonchev–Trinajstić information content (AvgIpc) is 3.15. The van der Waals surface area contributed by atoms with Gasteiger partial charge in [-0.25, -0.2) is 8.78 Å². The van der Waals surface area contributed by atoms with Gasteiger partial charge in [0.25, 0.3) is 0 Å². The molecule has 0 saturated heterocycles. The van der Waals surface area contributed by atoms with Crippen molar-refractivity contribution < 1.29 is 13.6 Å². The van der Waals surface area contributed by atoms with Crippen LogP contribution in [0.3, 0.4) is 0 Å². The molecule has 0 bridgehead atoms. The summed E-state index contributed by atoms with van der Waals surface area (Å²) in [5.41, 5.74) is 5.16. The Balaban J connectivity index is 1.56. The largest absolute Gasteiger partial charge is 0.357 e. The summed E-state index contributed by atoms with van der Waals surface area (Å²) in [6.45, 7) is 2.75. The molecule has 4 nitrogen and oxygen atoms in total. The smallest absolute Gasteiger partial charge is 0.221 e. The summed E-state index contributed by atoms with van der Waals surface area (Å²) in [4.78, 5) is 16.9. The number of para-hydroxylation sites is 1. The van der Waals surface area contributed by atoms with Crippen LogP contribution < -0.4 is 5.32 Å². The van der Waals surface area contributed by atoms with Gasteiger partial charge in [-0.15, -0.1) is 0 Å². The third-order valence-corrected chi connectivity index (χ3v) is 6.05. The number of fused-ring (bicyclic) bond motifs is 3. The van der Waals surface area contributed by atoms with E-state index in [1.807, 2.05) is 42.5 Å². The Kier molecular flexibility index (Phi) is 5.23. The van der Waals surface area contributed by atoms with Crippen molar-refractivity contribution in [3.63, 3.8) is 0 Å². The van der Waals surface area contributed by atoms with Crippen LogP contribution in [-0.4, -0.2) is 22.3 Å². The highest BCUT2D eigenvalue weighted by Gasteiger charge is 2.33. The van der Waals surface area contributed by atoms with Crippen LogP contribution in [0.25, 0.3) is 10.9 Å². The van der Waals surface area contributed by atoms with E-state index in [0.717, 1.165) is 45.9 Å². The van der Waals surface area contributed by atoms with Crippen molar-refractivity contribution in [2.24, 2.45) is 0 Å². The molecular formula is C26H23F2N3O. The molecule has 0 radical (unpaired) electrons. The van der Waals surface area contributed by atoms with Crippen molar-refractivity contribution in [1.29, 1.82) is 0 Å². The third-order valence-electron chi connectivity index (χ3n) is 6.05. The lowest BCUT2D eigenvalue weighted by Gasteiger charge is -2.36.